The Balaban J connectivity index is 1.99. The number of benzene rings is 1. The largest absolute Gasteiger partial charge is 0.573 e. The van der Waals surface area contributed by atoms with Gasteiger partial charge in [-0.2, -0.15) is 0 Å². The van der Waals surface area contributed by atoms with Crippen LogP contribution >= 0.6 is 0 Å². The number of aromatic nitrogens is 1. The molecule has 2 aromatic rings. The lowest BCUT2D eigenvalue weighted by molar-refractivity contribution is -0.274. The second-order valence-electron chi connectivity index (χ2n) is 8.18. The molecule has 3 rings (SSSR count). The van der Waals surface area contributed by atoms with Crippen molar-refractivity contribution < 1.29 is 32.2 Å². The second-order valence-corrected chi connectivity index (χ2v) is 8.18. The number of hydrogen-bond acceptors (Lipinski definition) is 6. The topological polar surface area (TPSA) is 64.1 Å². The minimum Gasteiger partial charge on any atom is -0.496 e. The molecule has 1 amide bonds. The fraction of sp³-hybridized carbons (Fsp3) is 0.417. The van der Waals surface area contributed by atoms with Crippen LogP contribution in [0.25, 0.3) is 16.8 Å². The smallest absolute Gasteiger partial charge is 0.496 e. The van der Waals surface area contributed by atoms with Crippen LogP contribution in [0.3, 0.4) is 0 Å². The number of anilines is 1. The maximum absolute atomic E-state index is 12.6. The van der Waals surface area contributed by atoms with Gasteiger partial charge in [-0.15, -0.1) is 13.2 Å². The van der Waals surface area contributed by atoms with Gasteiger partial charge in [0.05, 0.1) is 31.3 Å². The zero-order valence-corrected chi connectivity index (χ0v) is 19.8. The quantitative estimate of drug-likeness (QED) is 0.562. The number of rotatable bonds is 6. The standard InChI is InChI=1S/C24H28F3N3O4/c1-14(2)21-19(29(4)16-9-10-30(13-16)23(31)33-6)11-15(3)22(28-21)18-8-7-17(12-20(18)32-5)34-24(25,26)27/h7-8,11-12,16H,1,9-10,13H2,2-6H3/t16-/m0/s1. The summed E-state index contributed by atoms with van der Waals surface area (Å²) in [5.41, 5.74) is 4.12. The maximum Gasteiger partial charge on any atom is 0.573 e. The highest BCUT2D eigenvalue weighted by Gasteiger charge is 2.32. The van der Waals surface area contributed by atoms with Crippen molar-refractivity contribution in [2.45, 2.75) is 32.7 Å². The predicted octanol–water partition coefficient (Wildman–Crippen LogP) is 5.27. The number of hydrogen-bond donors (Lipinski definition) is 0. The molecule has 0 saturated carbocycles. The Kier molecular flexibility index (Phi) is 7.28. The van der Waals surface area contributed by atoms with E-state index in [1.54, 1.807) is 4.90 Å². The number of pyridine rings is 1. The number of halogens is 3. The number of nitrogens with zero attached hydrogens (tertiary/aromatic N) is 3. The van der Waals surface area contributed by atoms with Gasteiger partial charge in [0.1, 0.15) is 11.5 Å². The third-order valence-electron chi connectivity index (χ3n) is 5.78. The Morgan fingerprint density at radius 3 is 2.56 bits per heavy atom. The van der Waals surface area contributed by atoms with Crippen LogP contribution in [0.15, 0.2) is 30.8 Å². The molecule has 1 aromatic heterocycles. The molecule has 0 radical (unpaired) electrons. The molecule has 0 N–H and O–H groups in total. The zero-order valence-electron chi connectivity index (χ0n) is 19.8. The Morgan fingerprint density at radius 1 is 1.26 bits per heavy atom. The minimum absolute atomic E-state index is 0.0672. The molecule has 1 saturated heterocycles. The van der Waals surface area contributed by atoms with Crippen LogP contribution in [0, 0.1) is 6.92 Å². The lowest BCUT2D eigenvalue weighted by Crippen LogP contribution is -2.37. The van der Waals surface area contributed by atoms with Gasteiger partial charge in [0.25, 0.3) is 0 Å². The Bertz CT molecular complexity index is 1090. The molecule has 2 heterocycles. The van der Waals surface area contributed by atoms with Gasteiger partial charge in [0, 0.05) is 37.8 Å². The SMILES string of the molecule is C=C(C)c1nc(-c2ccc(OC(F)(F)F)cc2OC)c(C)cc1N(C)[C@H]1CCN(C(=O)OC)C1. The van der Waals surface area contributed by atoms with E-state index in [0.29, 0.717) is 30.0 Å². The van der Waals surface area contributed by atoms with Gasteiger partial charge in [0.15, 0.2) is 0 Å². The number of carbonyl (C=O) groups excluding carboxylic acids is 1. The summed E-state index contributed by atoms with van der Waals surface area (Å²) < 4.78 is 52.1. The summed E-state index contributed by atoms with van der Waals surface area (Å²) in [6.07, 6.45) is -4.38. The van der Waals surface area contributed by atoms with Crippen LogP contribution in [0.5, 0.6) is 11.5 Å². The highest BCUT2D eigenvalue weighted by Crippen LogP contribution is 2.38. The number of ether oxygens (including phenoxy) is 3. The number of carbonyl (C=O) groups is 1. The second kappa shape index (κ2) is 9.82. The molecule has 0 unspecified atom stereocenters. The van der Waals surface area contributed by atoms with Gasteiger partial charge in [-0.05, 0) is 49.6 Å². The molecular weight excluding hydrogens is 451 g/mol. The zero-order chi connectivity index (χ0) is 25.2. The molecule has 1 aromatic carbocycles. The normalized spacial score (nSPS) is 15.8. The van der Waals surface area contributed by atoms with Gasteiger partial charge >= 0.3 is 12.5 Å². The third-order valence-corrected chi connectivity index (χ3v) is 5.78. The van der Waals surface area contributed by atoms with Crippen LogP contribution in [0.2, 0.25) is 0 Å². The molecular formula is C24H28F3N3O4. The Morgan fingerprint density at radius 2 is 1.97 bits per heavy atom. The molecule has 0 bridgehead atoms. The Labute approximate surface area is 196 Å². The number of likely N-dealkylation sites (N-methyl/N-ethyl adjacent to an activating group) is 1. The van der Waals surface area contributed by atoms with E-state index in [0.717, 1.165) is 23.2 Å². The van der Waals surface area contributed by atoms with Crippen LogP contribution in [0.1, 0.15) is 24.6 Å². The molecule has 10 heteroatoms. The number of amides is 1. The van der Waals surface area contributed by atoms with E-state index in [4.69, 9.17) is 14.5 Å². The third kappa shape index (κ3) is 5.37. The minimum atomic E-state index is -4.80. The van der Waals surface area contributed by atoms with E-state index in [9.17, 15) is 18.0 Å². The number of allylic oxidation sites excluding steroid dienone is 1. The summed E-state index contributed by atoms with van der Waals surface area (Å²) in [6, 6.07) is 5.94. The summed E-state index contributed by atoms with van der Waals surface area (Å²) in [4.78, 5) is 20.5. The average molecular weight is 479 g/mol. The lowest BCUT2D eigenvalue weighted by atomic mass is 10.0. The van der Waals surface area contributed by atoms with Crippen molar-refractivity contribution in [3.63, 3.8) is 0 Å². The van der Waals surface area contributed by atoms with E-state index in [1.807, 2.05) is 27.0 Å². The fourth-order valence-corrected chi connectivity index (χ4v) is 4.07. The van der Waals surface area contributed by atoms with Crippen molar-refractivity contribution in [3.8, 4) is 22.8 Å². The first-order chi connectivity index (χ1) is 15.9. The van der Waals surface area contributed by atoms with Crippen molar-refractivity contribution in [2.24, 2.45) is 0 Å². The molecule has 1 aliphatic heterocycles. The van der Waals surface area contributed by atoms with Crippen LogP contribution < -0.4 is 14.4 Å². The Hall–Kier alpha value is -3.43. The summed E-state index contributed by atoms with van der Waals surface area (Å²) >= 11 is 0. The summed E-state index contributed by atoms with van der Waals surface area (Å²) in [5, 5.41) is 0. The van der Waals surface area contributed by atoms with Gasteiger partial charge < -0.3 is 24.0 Å². The fourth-order valence-electron chi connectivity index (χ4n) is 4.07. The van der Waals surface area contributed by atoms with Crippen molar-refractivity contribution in [2.75, 3.05) is 39.3 Å². The molecule has 1 atom stereocenters. The predicted molar refractivity (Wildman–Crippen MR) is 123 cm³/mol. The van der Waals surface area contributed by atoms with E-state index in [2.05, 4.69) is 16.2 Å². The highest BCUT2D eigenvalue weighted by molar-refractivity contribution is 5.79. The van der Waals surface area contributed by atoms with E-state index >= 15 is 0 Å². The van der Waals surface area contributed by atoms with Gasteiger partial charge in [-0.3, -0.25) is 0 Å². The van der Waals surface area contributed by atoms with Gasteiger partial charge in [-0.25, -0.2) is 9.78 Å². The summed E-state index contributed by atoms with van der Waals surface area (Å²) in [7, 11) is 4.68. The molecule has 7 nitrogen and oxygen atoms in total. The van der Waals surface area contributed by atoms with Gasteiger partial charge in [-0.1, -0.05) is 6.58 Å². The van der Waals surface area contributed by atoms with Crippen molar-refractivity contribution in [1.82, 2.24) is 9.88 Å². The number of likely N-dealkylation sites (tertiary alicyclic amines) is 1. The average Bonchev–Trinajstić information content (AvgIpc) is 3.27. The molecule has 0 spiro atoms. The molecule has 0 aliphatic carbocycles. The maximum atomic E-state index is 12.6. The van der Waals surface area contributed by atoms with Crippen LogP contribution in [0.4, 0.5) is 23.7 Å². The first kappa shape index (κ1) is 25.2. The lowest BCUT2D eigenvalue weighted by Gasteiger charge is -2.29. The summed E-state index contributed by atoms with van der Waals surface area (Å²) in [6.45, 7) is 8.89. The van der Waals surface area contributed by atoms with Crippen molar-refractivity contribution in [3.05, 3.63) is 42.1 Å². The van der Waals surface area contributed by atoms with Crippen molar-refractivity contribution in [1.29, 1.82) is 0 Å². The molecule has 184 valence electrons. The van der Waals surface area contributed by atoms with Gasteiger partial charge in [0.2, 0.25) is 0 Å². The summed E-state index contributed by atoms with van der Waals surface area (Å²) in [5.74, 6) is -0.172. The first-order valence-corrected chi connectivity index (χ1v) is 10.6. The number of methoxy groups -OCH3 is 2. The first-order valence-electron chi connectivity index (χ1n) is 10.6. The van der Waals surface area contributed by atoms with E-state index < -0.39 is 6.36 Å². The van der Waals surface area contributed by atoms with E-state index in [-0.39, 0.29) is 23.6 Å². The molecule has 1 aliphatic rings. The van der Waals surface area contributed by atoms with Crippen molar-refractivity contribution >= 4 is 17.4 Å². The highest BCUT2D eigenvalue weighted by atomic mass is 19.4. The monoisotopic (exact) mass is 479 g/mol. The van der Waals surface area contributed by atoms with Crippen LogP contribution in [-0.4, -0.2) is 62.7 Å². The number of alkyl halides is 3. The van der Waals surface area contributed by atoms with E-state index in [1.165, 1.54) is 32.4 Å². The molecule has 1 fully saturated rings. The van der Waals surface area contributed by atoms with Crippen LogP contribution in [-0.2, 0) is 4.74 Å². The number of aryl methyl sites for hydroxylation is 1. The molecule has 34 heavy (non-hydrogen) atoms.